The molecule has 6 heteroatoms. The van der Waals surface area contributed by atoms with Gasteiger partial charge in [-0.1, -0.05) is 0 Å². The molecule has 0 saturated carbocycles. The van der Waals surface area contributed by atoms with E-state index in [1.54, 1.807) is 20.8 Å². The van der Waals surface area contributed by atoms with Crippen LogP contribution in [0.25, 0.3) is 0 Å². The highest BCUT2D eigenvalue weighted by Gasteiger charge is 2.42. The van der Waals surface area contributed by atoms with Crippen LogP contribution in [0.15, 0.2) is 0 Å². The Hall–Kier alpha value is -0.930. The summed E-state index contributed by atoms with van der Waals surface area (Å²) in [7, 11) is 0. The van der Waals surface area contributed by atoms with Gasteiger partial charge in [-0.3, -0.25) is 0 Å². The zero-order chi connectivity index (χ0) is 13.3. The Kier molecular flexibility index (Phi) is 3.95. The molecule has 0 aromatic carbocycles. The molecule has 1 aliphatic rings. The van der Waals surface area contributed by atoms with E-state index in [2.05, 4.69) is 12.6 Å². The van der Waals surface area contributed by atoms with Gasteiger partial charge in [-0.2, -0.15) is 17.9 Å². The first-order valence-corrected chi connectivity index (χ1v) is 5.99. The monoisotopic (exact) mass is 258 g/mol. The number of likely N-dealkylation sites (tertiary alicyclic amines) is 1. The van der Waals surface area contributed by atoms with Crippen molar-refractivity contribution in [2.45, 2.75) is 43.6 Å². The number of carbonyl (C=O) groups is 1. The van der Waals surface area contributed by atoms with Crippen molar-refractivity contribution in [3.05, 3.63) is 0 Å². The maximum absolute atomic E-state index is 11.8. The second-order valence-corrected chi connectivity index (χ2v) is 5.85. The summed E-state index contributed by atoms with van der Waals surface area (Å²) in [5.41, 5.74) is -2.01. The summed E-state index contributed by atoms with van der Waals surface area (Å²) in [5.74, 6) is 0. The molecule has 17 heavy (non-hydrogen) atoms. The van der Waals surface area contributed by atoms with Crippen molar-refractivity contribution >= 4 is 18.7 Å². The molecule has 1 saturated heterocycles. The summed E-state index contributed by atoms with van der Waals surface area (Å²) in [6.07, 6.45) is -0.242. The number of hydrogen-bond donors (Lipinski definition) is 2. The minimum atomic E-state index is -1.46. The van der Waals surface area contributed by atoms with Crippen LogP contribution in [-0.2, 0) is 4.74 Å². The lowest BCUT2D eigenvalue weighted by Crippen LogP contribution is -2.54. The molecule has 0 bridgehead atoms. The first-order valence-electron chi connectivity index (χ1n) is 5.47. The van der Waals surface area contributed by atoms with Crippen LogP contribution < -0.4 is 0 Å². The normalized spacial score (nSPS) is 29.6. The minimum Gasteiger partial charge on any atom is -0.444 e. The van der Waals surface area contributed by atoms with Crippen molar-refractivity contribution in [3.63, 3.8) is 0 Å². The van der Waals surface area contributed by atoms with Crippen molar-refractivity contribution in [1.29, 1.82) is 5.26 Å². The van der Waals surface area contributed by atoms with E-state index in [1.165, 1.54) is 4.90 Å². The van der Waals surface area contributed by atoms with Crippen LogP contribution >= 0.6 is 12.6 Å². The van der Waals surface area contributed by atoms with Crippen molar-refractivity contribution in [3.8, 4) is 6.07 Å². The Labute approximate surface area is 107 Å². The molecule has 0 radical (unpaired) electrons. The Bertz CT molecular complexity index is 348. The molecule has 1 N–H and O–H groups in total. The van der Waals surface area contributed by atoms with E-state index in [1.807, 2.05) is 6.07 Å². The predicted molar refractivity (Wildman–Crippen MR) is 65.8 cm³/mol. The molecule has 0 aromatic rings. The standard InChI is InChI=1S/C11H18N2O3S/c1-10(2,3)16-9(14)13-5-4-11(15,7-12)8(17)6-13/h8,15,17H,4-6H2,1-3H3. The van der Waals surface area contributed by atoms with Crippen LogP contribution in [-0.4, -0.2) is 45.6 Å². The molecule has 1 aliphatic heterocycles. The van der Waals surface area contributed by atoms with E-state index in [4.69, 9.17) is 10.00 Å². The zero-order valence-electron chi connectivity index (χ0n) is 10.3. The molecule has 0 spiro atoms. The summed E-state index contributed by atoms with van der Waals surface area (Å²) in [4.78, 5) is 13.2. The van der Waals surface area contributed by atoms with Crippen LogP contribution in [0.1, 0.15) is 27.2 Å². The van der Waals surface area contributed by atoms with Crippen LogP contribution in [0.5, 0.6) is 0 Å². The number of amides is 1. The van der Waals surface area contributed by atoms with E-state index in [9.17, 15) is 9.90 Å². The molecule has 1 heterocycles. The number of rotatable bonds is 0. The smallest absolute Gasteiger partial charge is 0.410 e. The second kappa shape index (κ2) is 4.75. The maximum Gasteiger partial charge on any atom is 0.410 e. The van der Waals surface area contributed by atoms with Crippen molar-refractivity contribution in [1.82, 2.24) is 4.90 Å². The van der Waals surface area contributed by atoms with Gasteiger partial charge in [-0.25, -0.2) is 4.79 Å². The van der Waals surface area contributed by atoms with Gasteiger partial charge in [0.15, 0.2) is 5.60 Å². The molecule has 96 valence electrons. The number of ether oxygens (including phenoxy) is 1. The average Bonchev–Trinajstić information content (AvgIpc) is 2.19. The molecule has 1 amide bonds. The Morgan fingerprint density at radius 3 is 2.65 bits per heavy atom. The number of nitrogens with zero attached hydrogens (tertiary/aromatic N) is 2. The van der Waals surface area contributed by atoms with Crippen molar-refractivity contribution in [2.24, 2.45) is 0 Å². The van der Waals surface area contributed by atoms with Crippen molar-refractivity contribution < 1.29 is 14.6 Å². The second-order valence-electron chi connectivity index (χ2n) is 5.23. The first kappa shape index (κ1) is 14.1. The lowest BCUT2D eigenvalue weighted by atomic mass is 9.93. The molecule has 2 unspecified atom stereocenters. The van der Waals surface area contributed by atoms with Gasteiger partial charge in [0, 0.05) is 19.5 Å². The van der Waals surface area contributed by atoms with Gasteiger partial charge in [0.25, 0.3) is 0 Å². The fraction of sp³-hybridized carbons (Fsp3) is 0.818. The van der Waals surface area contributed by atoms with Gasteiger partial charge >= 0.3 is 6.09 Å². The SMILES string of the molecule is CC(C)(C)OC(=O)N1CCC(O)(C#N)C(S)C1. The molecule has 2 atom stereocenters. The highest BCUT2D eigenvalue weighted by Crippen LogP contribution is 2.26. The largest absolute Gasteiger partial charge is 0.444 e. The summed E-state index contributed by atoms with van der Waals surface area (Å²) in [6, 6.07) is 1.84. The van der Waals surface area contributed by atoms with Gasteiger partial charge in [0.2, 0.25) is 0 Å². The predicted octanol–water partition coefficient (Wildman–Crippen LogP) is 1.18. The average molecular weight is 258 g/mol. The Morgan fingerprint density at radius 1 is 1.65 bits per heavy atom. The maximum atomic E-state index is 11.8. The first-order chi connectivity index (χ1) is 7.68. The lowest BCUT2D eigenvalue weighted by Gasteiger charge is -2.38. The summed E-state index contributed by atoms with van der Waals surface area (Å²) in [6.45, 7) is 5.88. The van der Waals surface area contributed by atoms with Gasteiger partial charge < -0.3 is 14.7 Å². The molecule has 0 aromatic heterocycles. The van der Waals surface area contributed by atoms with Gasteiger partial charge in [-0.15, -0.1) is 0 Å². The fourth-order valence-electron chi connectivity index (χ4n) is 1.55. The molecule has 1 rings (SSSR count). The van der Waals surface area contributed by atoms with Gasteiger partial charge in [0.1, 0.15) is 5.60 Å². The van der Waals surface area contributed by atoms with E-state index >= 15 is 0 Å². The number of aliphatic hydroxyl groups is 1. The van der Waals surface area contributed by atoms with Crippen LogP contribution in [0, 0.1) is 11.3 Å². The van der Waals surface area contributed by atoms with Crippen LogP contribution in [0.2, 0.25) is 0 Å². The topological polar surface area (TPSA) is 73.6 Å². The minimum absolute atomic E-state index is 0.191. The Balaban J connectivity index is 2.62. The van der Waals surface area contributed by atoms with Gasteiger partial charge in [0.05, 0.1) is 11.3 Å². The number of hydrogen-bond acceptors (Lipinski definition) is 5. The zero-order valence-corrected chi connectivity index (χ0v) is 11.2. The summed E-state index contributed by atoms with van der Waals surface area (Å²) >= 11 is 4.17. The number of carbonyl (C=O) groups excluding carboxylic acids is 1. The molecule has 0 aliphatic carbocycles. The highest BCUT2D eigenvalue weighted by atomic mass is 32.1. The summed E-state index contributed by atoms with van der Waals surface area (Å²) < 4.78 is 5.22. The number of piperidine rings is 1. The van der Waals surface area contributed by atoms with Gasteiger partial charge in [-0.05, 0) is 20.8 Å². The third-order valence-electron chi connectivity index (χ3n) is 2.55. The Morgan fingerprint density at radius 2 is 2.24 bits per heavy atom. The van der Waals surface area contributed by atoms with E-state index in [-0.39, 0.29) is 13.0 Å². The summed E-state index contributed by atoms with van der Waals surface area (Å²) in [5, 5.41) is 18.1. The molecule has 5 nitrogen and oxygen atoms in total. The van der Waals surface area contributed by atoms with E-state index in [0.717, 1.165) is 0 Å². The van der Waals surface area contributed by atoms with E-state index in [0.29, 0.717) is 6.54 Å². The lowest BCUT2D eigenvalue weighted by molar-refractivity contribution is -0.00245. The van der Waals surface area contributed by atoms with Crippen molar-refractivity contribution in [2.75, 3.05) is 13.1 Å². The number of thiol groups is 1. The van der Waals surface area contributed by atoms with Crippen LogP contribution in [0.4, 0.5) is 4.79 Å². The van der Waals surface area contributed by atoms with E-state index < -0.39 is 22.5 Å². The quantitative estimate of drug-likeness (QED) is 0.505. The van der Waals surface area contributed by atoms with Crippen LogP contribution in [0.3, 0.4) is 0 Å². The number of nitriles is 1. The fourth-order valence-corrected chi connectivity index (χ4v) is 1.93. The highest BCUT2D eigenvalue weighted by molar-refractivity contribution is 7.81. The molecule has 1 fully saturated rings. The molecular weight excluding hydrogens is 240 g/mol. The molecular formula is C11H18N2O3S. The third kappa shape index (κ3) is 3.51. The third-order valence-corrected chi connectivity index (χ3v) is 3.14.